The lowest BCUT2D eigenvalue weighted by Gasteiger charge is -2.03. The van der Waals surface area contributed by atoms with Crippen LogP contribution in [0.5, 0.6) is 0 Å². The van der Waals surface area contributed by atoms with Crippen molar-refractivity contribution in [3.05, 3.63) is 53.2 Å². The number of rotatable bonds is 3. The molecule has 3 aromatic rings. The van der Waals surface area contributed by atoms with Gasteiger partial charge in [0.05, 0.1) is 17.9 Å². The third-order valence-corrected chi connectivity index (χ3v) is 4.15. The standard InChI is InChI=1S/C14H11FN4OS/c15-8-1-2-11-10(5-8)12(16)13(21-11)14(20)18-6-9-3-4-17-7-19-9/h1-5,7H,6,16H2,(H,18,20). The first-order valence-corrected chi connectivity index (χ1v) is 6.97. The Morgan fingerprint density at radius 2 is 2.24 bits per heavy atom. The number of benzene rings is 1. The SMILES string of the molecule is Nc1c(C(=O)NCc2ccncn2)sc2ccc(F)cc12. The number of anilines is 1. The van der Waals surface area contributed by atoms with E-state index in [9.17, 15) is 9.18 Å². The van der Waals surface area contributed by atoms with E-state index in [-0.39, 0.29) is 18.3 Å². The molecule has 21 heavy (non-hydrogen) atoms. The molecule has 0 unspecified atom stereocenters. The van der Waals surface area contributed by atoms with E-state index < -0.39 is 0 Å². The predicted molar refractivity (Wildman–Crippen MR) is 79.4 cm³/mol. The lowest BCUT2D eigenvalue weighted by atomic mass is 10.2. The van der Waals surface area contributed by atoms with Gasteiger partial charge < -0.3 is 11.1 Å². The Kier molecular flexibility index (Phi) is 3.49. The van der Waals surface area contributed by atoms with Gasteiger partial charge in [0.2, 0.25) is 0 Å². The highest BCUT2D eigenvalue weighted by Gasteiger charge is 2.16. The topological polar surface area (TPSA) is 80.9 Å². The highest BCUT2D eigenvalue weighted by Crippen LogP contribution is 2.33. The van der Waals surface area contributed by atoms with Crippen LogP contribution in [0.15, 0.2) is 36.8 Å². The number of hydrogen-bond donors (Lipinski definition) is 2. The van der Waals surface area contributed by atoms with Crippen LogP contribution in [0.2, 0.25) is 0 Å². The first-order chi connectivity index (χ1) is 10.1. The van der Waals surface area contributed by atoms with E-state index in [2.05, 4.69) is 15.3 Å². The fourth-order valence-electron chi connectivity index (χ4n) is 1.93. The molecule has 0 atom stereocenters. The van der Waals surface area contributed by atoms with Gasteiger partial charge >= 0.3 is 0 Å². The summed E-state index contributed by atoms with van der Waals surface area (Å²) in [5, 5.41) is 3.30. The zero-order valence-electron chi connectivity index (χ0n) is 10.8. The van der Waals surface area contributed by atoms with Gasteiger partial charge in [-0.25, -0.2) is 14.4 Å². The van der Waals surface area contributed by atoms with E-state index in [1.54, 1.807) is 18.3 Å². The largest absolute Gasteiger partial charge is 0.397 e. The Morgan fingerprint density at radius 1 is 1.38 bits per heavy atom. The number of amides is 1. The molecule has 106 valence electrons. The van der Waals surface area contributed by atoms with Crippen molar-refractivity contribution in [3.8, 4) is 0 Å². The number of nitrogen functional groups attached to an aromatic ring is 1. The van der Waals surface area contributed by atoms with Gasteiger partial charge in [0.1, 0.15) is 17.0 Å². The van der Waals surface area contributed by atoms with Crippen molar-refractivity contribution in [2.75, 3.05) is 5.73 Å². The lowest BCUT2D eigenvalue weighted by molar-refractivity contribution is 0.0955. The second-order valence-corrected chi connectivity index (χ2v) is 5.42. The smallest absolute Gasteiger partial charge is 0.263 e. The minimum Gasteiger partial charge on any atom is -0.397 e. The second-order valence-electron chi connectivity index (χ2n) is 4.37. The summed E-state index contributed by atoms with van der Waals surface area (Å²) < 4.78 is 14.0. The van der Waals surface area contributed by atoms with Crippen LogP contribution >= 0.6 is 11.3 Å². The lowest BCUT2D eigenvalue weighted by Crippen LogP contribution is -2.23. The summed E-state index contributed by atoms with van der Waals surface area (Å²) in [5.41, 5.74) is 6.93. The van der Waals surface area contributed by atoms with Crippen LogP contribution in [0.4, 0.5) is 10.1 Å². The number of nitrogens with zero attached hydrogens (tertiary/aromatic N) is 2. The number of nitrogens with two attached hydrogens (primary N) is 1. The van der Waals surface area contributed by atoms with Crippen LogP contribution in [-0.2, 0) is 6.54 Å². The number of aromatic nitrogens is 2. The maximum Gasteiger partial charge on any atom is 0.263 e. The van der Waals surface area contributed by atoms with Crippen LogP contribution in [0.25, 0.3) is 10.1 Å². The van der Waals surface area contributed by atoms with Crippen molar-refractivity contribution in [1.82, 2.24) is 15.3 Å². The first-order valence-electron chi connectivity index (χ1n) is 6.16. The zero-order chi connectivity index (χ0) is 14.8. The minimum absolute atomic E-state index is 0.281. The number of thiophene rings is 1. The molecule has 3 N–H and O–H groups in total. The molecule has 0 saturated heterocycles. The highest BCUT2D eigenvalue weighted by atomic mass is 32.1. The molecule has 0 spiro atoms. The van der Waals surface area contributed by atoms with Crippen molar-refractivity contribution in [2.24, 2.45) is 0 Å². The van der Waals surface area contributed by atoms with Gasteiger partial charge in [-0.05, 0) is 24.3 Å². The average Bonchev–Trinajstić information content (AvgIpc) is 2.83. The van der Waals surface area contributed by atoms with E-state index in [0.717, 1.165) is 4.70 Å². The summed E-state index contributed by atoms with van der Waals surface area (Å²) in [6, 6.07) is 6.01. The molecular formula is C14H11FN4OS. The molecule has 0 aliphatic carbocycles. The van der Waals surface area contributed by atoms with Gasteiger partial charge in [0.15, 0.2) is 0 Å². The van der Waals surface area contributed by atoms with Gasteiger partial charge in [-0.2, -0.15) is 0 Å². The summed E-state index contributed by atoms with van der Waals surface area (Å²) >= 11 is 1.24. The average molecular weight is 302 g/mol. The fourth-order valence-corrected chi connectivity index (χ4v) is 2.95. The Bertz CT molecular complexity index is 803. The fraction of sp³-hybridized carbons (Fsp3) is 0.0714. The van der Waals surface area contributed by atoms with Gasteiger partial charge in [0, 0.05) is 16.3 Å². The van der Waals surface area contributed by atoms with Crippen molar-refractivity contribution < 1.29 is 9.18 Å². The molecule has 0 aliphatic rings. The molecule has 5 nitrogen and oxygen atoms in total. The monoisotopic (exact) mass is 302 g/mol. The summed E-state index contributed by atoms with van der Waals surface area (Å²) in [5.74, 6) is -0.673. The summed E-state index contributed by atoms with van der Waals surface area (Å²) in [6.45, 7) is 0.281. The Morgan fingerprint density at radius 3 is 3.00 bits per heavy atom. The van der Waals surface area contributed by atoms with E-state index in [1.165, 1.54) is 29.8 Å². The van der Waals surface area contributed by atoms with Gasteiger partial charge in [-0.3, -0.25) is 4.79 Å². The molecule has 0 saturated carbocycles. The maximum absolute atomic E-state index is 13.2. The molecular weight excluding hydrogens is 291 g/mol. The maximum atomic E-state index is 13.2. The normalized spacial score (nSPS) is 10.7. The molecule has 0 fully saturated rings. The first kappa shape index (κ1) is 13.4. The Balaban J connectivity index is 1.83. The third kappa shape index (κ3) is 2.68. The van der Waals surface area contributed by atoms with E-state index in [4.69, 9.17) is 5.73 Å². The van der Waals surface area contributed by atoms with E-state index >= 15 is 0 Å². The Hall–Kier alpha value is -2.54. The predicted octanol–water partition coefficient (Wildman–Crippen LogP) is 2.34. The van der Waals surface area contributed by atoms with Crippen molar-refractivity contribution in [3.63, 3.8) is 0 Å². The summed E-state index contributed by atoms with van der Waals surface area (Å²) in [4.78, 5) is 20.4. The van der Waals surface area contributed by atoms with Crippen LogP contribution in [-0.4, -0.2) is 15.9 Å². The van der Waals surface area contributed by atoms with E-state index in [0.29, 0.717) is 21.6 Å². The zero-order valence-corrected chi connectivity index (χ0v) is 11.7. The van der Waals surface area contributed by atoms with Crippen molar-refractivity contribution >= 4 is 33.0 Å². The van der Waals surface area contributed by atoms with Crippen molar-refractivity contribution in [2.45, 2.75) is 6.54 Å². The molecule has 2 aromatic heterocycles. The van der Waals surface area contributed by atoms with Crippen LogP contribution in [0.1, 0.15) is 15.4 Å². The van der Waals surface area contributed by atoms with Crippen LogP contribution in [0, 0.1) is 5.82 Å². The van der Waals surface area contributed by atoms with Gasteiger partial charge in [0.25, 0.3) is 5.91 Å². The summed E-state index contributed by atoms with van der Waals surface area (Å²) in [6.07, 6.45) is 3.02. The third-order valence-electron chi connectivity index (χ3n) is 2.97. The molecule has 0 aliphatic heterocycles. The Labute approximate surface area is 123 Å². The molecule has 1 amide bonds. The molecule has 3 rings (SSSR count). The van der Waals surface area contributed by atoms with E-state index in [1.807, 2.05) is 0 Å². The van der Waals surface area contributed by atoms with Crippen LogP contribution < -0.4 is 11.1 Å². The molecule has 1 aromatic carbocycles. The minimum atomic E-state index is -0.375. The number of carbonyl (C=O) groups excluding carboxylic acids is 1. The van der Waals surface area contributed by atoms with Gasteiger partial charge in [-0.15, -0.1) is 11.3 Å². The molecule has 2 heterocycles. The van der Waals surface area contributed by atoms with Gasteiger partial charge in [-0.1, -0.05) is 0 Å². The molecule has 7 heteroatoms. The van der Waals surface area contributed by atoms with Crippen LogP contribution in [0.3, 0.4) is 0 Å². The number of carbonyl (C=O) groups is 1. The second kappa shape index (κ2) is 5.45. The number of hydrogen-bond acceptors (Lipinski definition) is 5. The molecule has 0 bridgehead atoms. The quantitative estimate of drug-likeness (QED) is 0.778. The number of nitrogens with one attached hydrogen (secondary N) is 1. The molecule has 0 radical (unpaired) electrons. The number of fused-ring (bicyclic) bond motifs is 1. The summed E-state index contributed by atoms with van der Waals surface area (Å²) in [7, 11) is 0. The number of halogens is 1. The highest BCUT2D eigenvalue weighted by molar-refractivity contribution is 7.21. The van der Waals surface area contributed by atoms with Crippen molar-refractivity contribution in [1.29, 1.82) is 0 Å².